The summed E-state index contributed by atoms with van der Waals surface area (Å²) in [6.07, 6.45) is -2.46. The fourth-order valence-electron chi connectivity index (χ4n) is 3.32. The number of carboxylic acid groups (broad SMARTS) is 1. The molecule has 1 aliphatic carbocycles. The molecule has 8 nitrogen and oxygen atoms in total. The van der Waals surface area contributed by atoms with E-state index < -0.39 is 36.7 Å². The number of aliphatic hydroxyl groups is 1. The van der Waals surface area contributed by atoms with Crippen molar-refractivity contribution in [1.29, 1.82) is 0 Å². The molecule has 2 atom stereocenters. The van der Waals surface area contributed by atoms with E-state index in [1.807, 2.05) is 48.5 Å². The summed E-state index contributed by atoms with van der Waals surface area (Å²) in [6, 6.07) is 14.9. The Balaban J connectivity index is 1.56. The van der Waals surface area contributed by atoms with Crippen molar-refractivity contribution in [2.45, 2.75) is 25.0 Å². The van der Waals surface area contributed by atoms with Crippen LogP contribution >= 0.6 is 0 Å². The Morgan fingerprint density at radius 2 is 1.59 bits per heavy atom. The van der Waals surface area contributed by atoms with Gasteiger partial charge in [-0.2, -0.15) is 0 Å². The maximum absolute atomic E-state index is 12.1. The molecule has 3 rings (SSSR count). The third-order valence-electron chi connectivity index (χ3n) is 4.83. The number of hydrogen-bond acceptors (Lipinski definition) is 5. The molecular weight excluding hydrogens is 376 g/mol. The summed E-state index contributed by atoms with van der Waals surface area (Å²) >= 11 is 0. The van der Waals surface area contributed by atoms with Crippen LogP contribution < -0.4 is 10.6 Å². The normalized spacial score (nSPS) is 14.3. The van der Waals surface area contributed by atoms with Crippen LogP contribution in [0.25, 0.3) is 11.1 Å². The molecule has 2 aromatic rings. The summed E-state index contributed by atoms with van der Waals surface area (Å²) in [5.41, 5.74) is 4.38. The fourth-order valence-corrected chi connectivity index (χ4v) is 3.32. The van der Waals surface area contributed by atoms with Crippen LogP contribution in [-0.2, 0) is 14.3 Å². The van der Waals surface area contributed by atoms with E-state index in [2.05, 4.69) is 10.6 Å². The number of nitrogens with one attached hydrogen (secondary N) is 2. The van der Waals surface area contributed by atoms with Crippen molar-refractivity contribution in [3.8, 4) is 11.1 Å². The average molecular weight is 398 g/mol. The first kappa shape index (κ1) is 20.3. The first-order valence-electron chi connectivity index (χ1n) is 9.18. The number of alkyl carbamates (subject to hydrolysis) is 1. The Labute approximate surface area is 167 Å². The second kappa shape index (κ2) is 8.74. The van der Waals surface area contributed by atoms with Crippen LogP contribution in [0, 0.1) is 0 Å². The summed E-state index contributed by atoms with van der Waals surface area (Å²) in [4.78, 5) is 34.6. The molecule has 0 saturated heterocycles. The van der Waals surface area contributed by atoms with E-state index in [-0.39, 0.29) is 12.5 Å². The molecule has 1 aliphatic rings. The number of ether oxygens (including phenoxy) is 1. The zero-order valence-corrected chi connectivity index (χ0v) is 15.8. The summed E-state index contributed by atoms with van der Waals surface area (Å²) in [6.45, 7) is 1.10. The largest absolute Gasteiger partial charge is 0.479 e. The zero-order valence-electron chi connectivity index (χ0n) is 15.8. The fraction of sp³-hybridized carbons (Fsp3) is 0.286. The lowest BCUT2D eigenvalue weighted by Gasteiger charge is -2.17. The predicted octanol–water partition coefficient (Wildman–Crippen LogP) is 1.48. The maximum atomic E-state index is 12.1. The summed E-state index contributed by atoms with van der Waals surface area (Å²) < 4.78 is 5.35. The van der Waals surface area contributed by atoms with Gasteiger partial charge < -0.3 is 25.6 Å². The molecule has 2 amide bonds. The summed E-state index contributed by atoms with van der Waals surface area (Å²) in [7, 11) is 0. The van der Waals surface area contributed by atoms with Crippen molar-refractivity contribution in [3.05, 3.63) is 59.7 Å². The predicted molar refractivity (Wildman–Crippen MR) is 104 cm³/mol. The molecule has 152 valence electrons. The van der Waals surface area contributed by atoms with Crippen LogP contribution in [0.4, 0.5) is 4.79 Å². The van der Waals surface area contributed by atoms with E-state index >= 15 is 0 Å². The molecule has 8 heteroatoms. The molecule has 4 N–H and O–H groups in total. The van der Waals surface area contributed by atoms with Crippen molar-refractivity contribution < 1.29 is 29.3 Å². The second-order valence-electron chi connectivity index (χ2n) is 6.79. The van der Waals surface area contributed by atoms with Crippen LogP contribution in [0.1, 0.15) is 24.0 Å². The van der Waals surface area contributed by atoms with Crippen LogP contribution in [0.15, 0.2) is 48.5 Å². The topological polar surface area (TPSA) is 125 Å². The lowest BCUT2D eigenvalue weighted by molar-refractivity contribution is -0.146. The van der Waals surface area contributed by atoms with Crippen LogP contribution in [-0.4, -0.2) is 53.5 Å². The van der Waals surface area contributed by atoms with E-state index in [1.54, 1.807) is 0 Å². The number of carbonyl (C=O) groups excluding carboxylic acids is 2. The number of rotatable bonds is 7. The highest BCUT2D eigenvalue weighted by molar-refractivity contribution is 5.86. The Morgan fingerprint density at radius 3 is 2.14 bits per heavy atom. The van der Waals surface area contributed by atoms with Gasteiger partial charge in [-0.05, 0) is 29.2 Å². The Hall–Kier alpha value is -3.39. The van der Waals surface area contributed by atoms with Gasteiger partial charge in [0.15, 0.2) is 6.10 Å². The first-order chi connectivity index (χ1) is 13.9. The minimum absolute atomic E-state index is 0.0944. The molecule has 0 fully saturated rings. The highest BCUT2D eigenvalue weighted by atomic mass is 16.5. The van der Waals surface area contributed by atoms with Gasteiger partial charge in [0.05, 0.1) is 6.54 Å². The lowest BCUT2D eigenvalue weighted by atomic mass is 9.98. The van der Waals surface area contributed by atoms with Crippen molar-refractivity contribution >= 4 is 18.0 Å². The smallest absolute Gasteiger partial charge is 0.407 e. The Bertz CT molecular complexity index is 883. The zero-order chi connectivity index (χ0) is 21.0. The summed E-state index contributed by atoms with van der Waals surface area (Å²) in [5, 5.41) is 22.4. The van der Waals surface area contributed by atoms with Gasteiger partial charge in [-0.15, -0.1) is 0 Å². The average Bonchev–Trinajstić information content (AvgIpc) is 3.04. The van der Waals surface area contributed by atoms with Gasteiger partial charge >= 0.3 is 12.1 Å². The molecule has 29 heavy (non-hydrogen) atoms. The maximum Gasteiger partial charge on any atom is 0.407 e. The number of carboxylic acids is 1. The molecule has 0 aliphatic heterocycles. The molecule has 0 radical (unpaired) electrons. The van der Waals surface area contributed by atoms with Gasteiger partial charge in [-0.25, -0.2) is 9.59 Å². The van der Waals surface area contributed by atoms with Gasteiger partial charge in [0.2, 0.25) is 5.91 Å². The minimum atomic E-state index is -1.71. The van der Waals surface area contributed by atoms with E-state index in [9.17, 15) is 19.5 Å². The Morgan fingerprint density at radius 1 is 1.03 bits per heavy atom. The molecular formula is C21H22N2O6. The number of aliphatic hydroxyl groups excluding tert-OH is 1. The Kier molecular flexibility index (Phi) is 6.13. The van der Waals surface area contributed by atoms with E-state index in [1.165, 1.54) is 6.92 Å². The monoisotopic (exact) mass is 398 g/mol. The number of amides is 2. The minimum Gasteiger partial charge on any atom is -0.479 e. The number of hydrogen-bond donors (Lipinski definition) is 4. The highest BCUT2D eigenvalue weighted by Gasteiger charge is 2.29. The van der Waals surface area contributed by atoms with Gasteiger partial charge in [-0.3, -0.25) is 4.79 Å². The van der Waals surface area contributed by atoms with Crippen molar-refractivity contribution in [2.75, 3.05) is 13.2 Å². The standard InChI is InChI=1S/C21H22N2O6/c1-12(19(25)22-10-18(24)20(26)27)23-21(28)29-11-17-15-8-4-2-6-13(15)14-7-3-5-9-16(14)17/h2-9,12,17-18,24H,10-11H2,1H3,(H,22,25)(H,23,28)(H,26,27)/t12?,18-/m0/s1. The van der Waals surface area contributed by atoms with Crippen LogP contribution in [0.5, 0.6) is 0 Å². The van der Waals surface area contributed by atoms with E-state index in [4.69, 9.17) is 9.84 Å². The number of aliphatic carboxylic acids is 1. The molecule has 2 aromatic carbocycles. The van der Waals surface area contributed by atoms with Crippen molar-refractivity contribution in [1.82, 2.24) is 10.6 Å². The quantitative estimate of drug-likeness (QED) is 0.560. The van der Waals surface area contributed by atoms with Crippen LogP contribution in [0.3, 0.4) is 0 Å². The van der Waals surface area contributed by atoms with E-state index in [0.717, 1.165) is 22.3 Å². The third kappa shape index (κ3) is 4.55. The highest BCUT2D eigenvalue weighted by Crippen LogP contribution is 2.44. The molecule has 1 unspecified atom stereocenters. The molecule has 0 saturated carbocycles. The van der Waals surface area contributed by atoms with Crippen molar-refractivity contribution in [2.24, 2.45) is 0 Å². The first-order valence-corrected chi connectivity index (χ1v) is 9.18. The van der Waals surface area contributed by atoms with Crippen molar-refractivity contribution in [3.63, 3.8) is 0 Å². The lowest BCUT2D eigenvalue weighted by Crippen LogP contribution is -2.47. The third-order valence-corrected chi connectivity index (χ3v) is 4.83. The summed E-state index contributed by atoms with van der Waals surface area (Å²) in [5.74, 6) is -2.16. The molecule has 0 aromatic heterocycles. The van der Waals surface area contributed by atoms with E-state index in [0.29, 0.717) is 0 Å². The van der Waals surface area contributed by atoms with Gasteiger partial charge in [-0.1, -0.05) is 48.5 Å². The van der Waals surface area contributed by atoms with Crippen LogP contribution in [0.2, 0.25) is 0 Å². The van der Waals surface area contributed by atoms with Gasteiger partial charge in [0, 0.05) is 5.92 Å². The van der Waals surface area contributed by atoms with Gasteiger partial charge in [0.25, 0.3) is 0 Å². The molecule has 0 heterocycles. The second-order valence-corrected chi connectivity index (χ2v) is 6.79. The molecule has 0 spiro atoms. The molecule has 0 bridgehead atoms. The number of fused-ring (bicyclic) bond motifs is 3. The number of benzene rings is 2. The van der Waals surface area contributed by atoms with Gasteiger partial charge in [0.1, 0.15) is 12.6 Å². The SMILES string of the molecule is CC(NC(=O)OCC1c2ccccc2-c2ccccc21)C(=O)NC[C@H](O)C(=O)O. The number of carbonyl (C=O) groups is 3.